The van der Waals surface area contributed by atoms with E-state index >= 15 is 0 Å². The minimum atomic E-state index is -0.659. The fourth-order valence-electron chi connectivity index (χ4n) is 3.72. The summed E-state index contributed by atoms with van der Waals surface area (Å²) in [5.41, 5.74) is 8.52. The van der Waals surface area contributed by atoms with Crippen molar-refractivity contribution in [2.45, 2.75) is 6.04 Å². The third-order valence-corrected chi connectivity index (χ3v) is 5.14. The molecule has 5 nitrogen and oxygen atoms in total. The molecule has 1 aliphatic heterocycles. The monoisotopic (exact) mass is 401 g/mol. The average molecular weight is 401 g/mol. The summed E-state index contributed by atoms with van der Waals surface area (Å²) >= 11 is 0. The summed E-state index contributed by atoms with van der Waals surface area (Å²) in [6, 6.07) is 21.4. The number of ether oxygens (including phenoxy) is 1. The number of carbonyl (C=O) groups is 1. The van der Waals surface area contributed by atoms with Crippen LogP contribution < -0.4 is 15.4 Å². The van der Waals surface area contributed by atoms with Crippen LogP contribution in [-0.2, 0) is 4.79 Å². The molecule has 1 heterocycles. The van der Waals surface area contributed by atoms with E-state index in [4.69, 9.17) is 15.9 Å². The highest BCUT2D eigenvalue weighted by atomic mass is 19.1. The van der Waals surface area contributed by atoms with Crippen molar-refractivity contribution in [3.05, 3.63) is 107 Å². The molecule has 6 heteroatoms. The molecule has 30 heavy (non-hydrogen) atoms. The summed E-state index contributed by atoms with van der Waals surface area (Å²) in [5.74, 6) is -0.211. The van der Waals surface area contributed by atoms with Crippen LogP contribution >= 0.6 is 0 Å². The normalized spacial score (nSPS) is 16.1. The van der Waals surface area contributed by atoms with Crippen molar-refractivity contribution >= 4 is 17.3 Å². The summed E-state index contributed by atoms with van der Waals surface area (Å²) in [5, 5.41) is 8.80. The fourth-order valence-corrected chi connectivity index (χ4v) is 3.72. The van der Waals surface area contributed by atoms with E-state index in [9.17, 15) is 9.18 Å². The highest BCUT2D eigenvalue weighted by Crippen LogP contribution is 2.43. The number of carbonyl (C=O) groups excluding carboxylic acids is 1. The fraction of sp³-hybridized carbons (Fsp3) is 0.0833. The number of anilines is 1. The summed E-state index contributed by atoms with van der Waals surface area (Å²) in [7, 11) is 1.56. The number of amides is 1. The third kappa shape index (κ3) is 3.22. The lowest BCUT2D eigenvalue weighted by Gasteiger charge is -2.29. The Morgan fingerprint density at radius 1 is 1.00 bits per heavy atom. The topological polar surface area (TPSA) is 79.4 Å². The lowest BCUT2D eigenvalue weighted by atomic mass is 9.91. The molecule has 1 amide bonds. The Balaban J connectivity index is 1.91. The first-order chi connectivity index (χ1) is 14.5. The van der Waals surface area contributed by atoms with Gasteiger partial charge in [-0.15, -0.1) is 0 Å². The van der Waals surface area contributed by atoms with E-state index in [-0.39, 0.29) is 17.3 Å². The predicted octanol–water partition coefficient (Wildman–Crippen LogP) is 4.20. The number of para-hydroxylation sites is 2. The van der Waals surface area contributed by atoms with Crippen LogP contribution in [0, 0.1) is 11.2 Å². The highest BCUT2D eigenvalue weighted by molar-refractivity contribution is 6.22. The standard InChI is InChI=1S/C24H20FN3O2/c1-30-19-10-6-5-9-18(19)23-20(21(26)15-11-13-16(25)14-12-15)22(27)24(29)28(23)17-7-3-2-4-8-17/h2-14,23,26H,27H2,1H3. The summed E-state index contributed by atoms with van der Waals surface area (Å²) in [6.07, 6.45) is 0. The molecule has 0 saturated carbocycles. The molecular weight excluding hydrogens is 381 g/mol. The zero-order valence-electron chi connectivity index (χ0n) is 16.3. The van der Waals surface area contributed by atoms with Gasteiger partial charge in [-0.1, -0.05) is 36.4 Å². The molecule has 0 saturated heterocycles. The van der Waals surface area contributed by atoms with E-state index in [1.165, 1.54) is 24.3 Å². The SMILES string of the molecule is COc1ccccc1C1C(C(=N)c2ccc(F)cc2)=C(N)C(=O)N1c1ccccc1. The molecule has 0 radical (unpaired) electrons. The van der Waals surface area contributed by atoms with Gasteiger partial charge in [0.1, 0.15) is 17.3 Å². The van der Waals surface area contributed by atoms with Gasteiger partial charge in [-0.3, -0.25) is 15.1 Å². The zero-order valence-corrected chi connectivity index (χ0v) is 16.3. The molecule has 1 atom stereocenters. The number of rotatable bonds is 5. The number of nitrogens with two attached hydrogens (primary N) is 1. The molecule has 3 N–H and O–H groups in total. The van der Waals surface area contributed by atoms with E-state index < -0.39 is 11.9 Å². The smallest absolute Gasteiger partial charge is 0.275 e. The second-order valence-electron chi connectivity index (χ2n) is 6.86. The number of nitrogens with zero attached hydrogens (tertiary/aromatic N) is 1. The first-order valence-corrected chi connectivity index (χ1v) is 9.39. The number of nitrogens with one attached hydrogen (secondary N) is 1. The first-order valence-electron chi connectivity index (χ1n) is 9.39. The maximum absolute atomic E-state index is 13.4. The Kier molecular flexibility index (Phi) is 5.06. The quantitative estimate of drug-likeness (QED) is 0.629. The van der Waals surface area contributed by atoms with Crippen LogP contribution in [0.3, 0.4) is 0 Å². The van der Waals surface area contributed by atoms with E-state index in [1.54, 1.807) is 18.1 Å². The maximum atomic E-state index is 13.4. The van der Waals surface area contributed by atoms with Crippen molar-refractivity contribution < 1.29 is 13.9 Å². The number of halogens is 1. The second kappa shape index (κ2) is 7.83. The lowest BCUT2D eigenvalue weighted by Crippen LogP contribution is -2.32. The molecule has 3 aromatic carbocycles. The van der Waals surface area contributed by atoms with Gasteiger partial charge < -0.3 is 10.5 Å². The Bertz CT molecular complexity index is 1140. The Morgan fingerprint density at radius 2 is 1.63 bits per heavy atom. The van der Waals surface area contributed by atoms with Gasteiger partial charge in [0.2, 0.25) is 0 Å². The number of benzene rings is 3. The molecule has 150 valence electrons. The number of methoxy groups -OCH3 is 1. The molecule has 0 aromatic heterocycles. The first kappa shape index (κ1) is 19.4. The van der Waals surface area contributed by atoms with Gasteiger partial charge in [0.15, 0.2) is 0 Å². The van der Waals surface area contributed by atoms with Gasteiger partial charge in [0.25, 0.3) is 5.91 Å². The average Bonchev–Trinajstić information content (AvgIpc) is 3.04. The van der Waals surface area contributed by atoms with Crippen molar-refractivity contribution in [2.75, 3.05) is 12.0 Å². The molecule has 1 aliphatic rings. The van der Waals surface area contributed by atoms with Crippen LogP contribution in [0.1, 0.15) is 17.2 Å². The summed E-state index contributed by atoms with van der Waals surface area (Å²) in [6.45, 7) is 0. The zero-order chi connectivity index (χ0) is 21.3. The van der Waals surface area contributed by atoms with Crippen LogP contribution in [0.2, 0.25) is 0 Å². The van der Waals surface area contributed by atoms with Gasteiger partial charge in [-0.25, -0.2) is 4.39 Å². The number of hydrogen-bond acceptors (Lipinski definition) is 4. The summed E-state index contributed by atoms with van der Waals surface area (Å²) < 4.78 is 18.9. The molecule has 0 fully saturated rings. The Morgan fingerprint density at radius 3 is 2.30 bits per heavy atom. The maximum Gasteiger partial charge on any atom is 0.275 e. The Labute approximate surface area is 173 Å². The molecule has 4 rings (SSSR count). The van der Waals surface area contributed by atoms with Crippen LogP contribution in [0.15, 0.2) is 90.1 Å². The molecule has 0 bridgehead atoms. The molecule has 0 spiro atoms. The van der Waals surface area contributed by atoms with Gasteiger partial charge in [0.05, 0.1) is 18.9 Å². The van der Waals surface area contributed by atoms with Crippen molar-refractivity contribution in [3.63, 3.8) is 0 Å². The van der Waals surface area contributed by atoms with Crippen molar-refractivity contribution in [3.8, 4) is 5.75 Å². The van der Waals surface area contributed by atoms with Crippen LogP contribution in [0.5, 0.6) is 5.75 Å². The number of hydrogen-bond donors (Lipinski definition) is 2. The van der Waals surface area contributed by atoms with Crippen molar-refractivity contribution in [2.24, 2.45) is 5.73 Å². The van der Waals surface area contributed by atoms with E-state index in [0.29, 0.717) is 28.1 Å². The minimum Gasteiger partial charge on any atom is -0.496 e. The third-order valence-electron chi connectivity index (χ3n) is 5.14. The van der Waals surface area contributed by atoms with E-state index in [0.717, 1.165) is 0 Å². The van der Waals surface area contributed by atoms with Crippen LogP contribution in [-0.4, -0.2) is 18.7 Å². The van der Waals surface area contributed by atoms with Crippen molar-refractivity contribution in [1.29, 1.82) is 5.41 Å². The van der Waals surface area contributed by atoms with Gasteiger partial charge in [0, 0.05) is 22.4 Å². The van der Waals surface area contributed by atoms with E-state index in [2.05, 4.69) is 0 Å². The van der Waals surface area contributed by atoms with Gasteiger partial charge >= 0.3 is 0 Å². The summed E-state index contributed by atoms with van der Waals surface area (Å²) in [4.78, 5) is 14.8. The molecule has 1 unspecified atom stereocenters. The van der Waals surface area contributed by atoms with E-state index in [1.807, 2.05) is 48.5 Å². The minimum absolute atomic E-state index is 0.0101. The largest absolute Gasteiger partial charge is 0.496 e. The highest BCUT2D eigenvalue weighted by Gasteiger charge is 2.43. The molecule has 3 aromatic rings. The van der Waals surface area contributed by atoms with Gasteiger partial charge in [-0.05, 0) is 42.5 Å². The van der Waals surface area contributed by atoms with Crippen LogP contribution in [0.25, 0.3) is 0 Å². The van der Waals surface area contributed by atoms with Crippen molar-refractivity contribution in [1.82, 2.24) is 0 Å². The second-order valence-corrected chi connectivity index (χ2v) is 6.86. The molecule has 0 aliphatic carbocycles. The Hall–Kier alpha value is -3.93. The predicted molar refractivity (Wildman–Crippen MR) is 114 cm³/mol. The molecular formula is C24H20FN3O2. The van der Waals surface area contributed by atoms with Crippen LogP contribution in [0.4, 0.5) is 10.1 Å². The lowest BCUT2D eigenvalue weighted by molar-refractivity contribution is -0.114. The van der Waals surface area contributed by atoms with Gasteiger partial charge in [-0.2, -0.15) is 0 Å².